The first kappa shape index (κ1) is 20.0. The van der Waals surface area contributed by atoms with Crippen LogP contribution < -0.4 is 15.4 Å². The topological polar surface area (TPSA) is 53.6 Å². The van der Waals surface area contributed by atoms with Crippen LogP contribution in [0.3, 0.4) is 0 Å². The molecule has 5 nitrogen and oxygen atoms in total. The van der Waals surface area contributed by atoms with Crippen LogP contribution in [0.1, 0.15) is 30.9 Å². The number of nitrogens with one attached hydrogen (secondary N) is 2. The zero-order valence-corrected chi connectivity index (χ0v) is 16.5. The highest BCUT2D eigenvalue weighted by Gasteiger charge is 2.11. The number of rotatable bonds is 8. The molecule has 0 spiro atoms. The lowest BCUT2D eigenvalue weighted by Crippen LogP contribution is -2.28. The van der Waals surface area contributed by atoms with Crippen LogP contribution in [-0.4, -0.2) is 30.6 Å². The maximum atomic E-state index is 12.2. The van der Waals surface area contributed by atoms with Gasteiger partial charge in [0, 0.05) is 18.8 Å². The molecule has 1 aliphatic rings. The predicted molar refractivity (Wildman–Crippen MR) is 114 cm³/mol. The van der Waals surface area contributed by atoms with Gasteiger partial charge in [-0.15, -0.1) is 0 Å². The van der Waals surface area contributed by atoms with Crippen LogP contribution in [0.15, 0.2) is 60.7 Å². The number of carbonyl (C=O) groups is 1. The normalized spacial score (nSPS) is 13.9. The van der Waals surface area contributed by atoms with Gasteiger partial charge in [0.05, 0.1) is 0 Å². The molecule has 3 rings (SSSR count). The molecule has 0 aromatic heterocycles. The number of nitrogens with zero attached hydrogens (tertiary/aromatic N) is 1. The zero-order valence-electron chi connectivity index (χ0n) is 16.5. The maximum Gasteiger partial charge on any atom is 0.319 e. The maximum absolute atomic E-state index is 12.2. The summed E-state index contributed by atoms with van der Waals surface area (Å²) in [6, 6.07) is 15.5. The fourth-order valence-electron chi connectivity index (χ4n) is 3.24. The van der Waals surface area contributed by atoms with Crippen LogP contribution in [-0.2, 0) is 13.1 Å². The molecule has 1 fully saturated rings. The van der Waals surface area contributed by atoms with E-state index in [1.807, 2.05) is 37.3 Å². The lowest BCUT2D eigenvalue weighted by molar-refractivity contribution is 0.251. The van der Waals surface area contributed by atoms with Crippen molar-refractivity contribution in [2.45, 2.75) is 32.9 Å². The molecule has 0 saturated carbocycles. The summed E-state index contributed by atoms with van der Waals surface area (Å²) in [5, 5.41) is 5.76. The summed E-state index contributed by atoms with van der Waals surface area (Å²) in [7, 11) is 0. The third-order valence-corrected chi connectivity index (χ3v) is 4.65. The van der Waals surface area contributed by atoms with E-state index in [9.17, 15) is 4.79 Å². The fourth-order valence-corrected chi connectivity index (χ4v) is 3.24. The van der Waals surface area contributed by atoms with E-state index in [4.69, 9.17) is 4.74 Å². The van der Waals surface area contributed by atoms with Gasteiger partial charge >= 0.3 is 6.03 Å². The first-order valence-electron chi connectivity index (χ1n) is 9.81. The van der Waals surface area contributed by atoms with Crippen molar-refractivity contribution in [3.63, 3.8) is 0 Å². The van der Waals surface area contributed by atoms with Crippen molar-refractivity contribution in [3.8, 4) is 5.75 Å². The minimum absolute atomic E-state index is 0.222. The van der Waals surface area contributed by atoms with Crippen LogP contribution in [0.4, 0.5) is 10.5 Å². The van der Waals surface area contributed by atoms with E-state index in [2.05, 4.69) is 40.3 Å². The van der Waals surface area contributed by atoms with Gasteiger partial charge in [0.25, 0.3) is 0 Å². The Kier molecular flexibility index (Phi) is 7.09. The van der Waals surface area contributed by atoms with E-state index < -0.39 is 0 Å². The van der Waals surface area contributed by atoms with E-state index in [-0.39, 0.29) is 6.03 Å². The van der Waals surface area contributed by atoms with E-state index >= 15 is 0 Å². The van der Waals surface area contributed by atoms with Crippen LogP contribution >= 0.6 is 0 Å². The van der Waals surface area contributed by atoms with Crippen LogP contribution in [0.5, 0.6) is 5.75 Å². The van der Waals surface area contributed by atoms with Crippen LogP contribution in [0.2, 0.25) is 0 Å². The van der Waals surface area contributed by atoms with Crippen molar-refractivity contribution in [2.24, 2.45) is 0 Å². The van der Waals surface area contributed by atoms with Gasteiger partial charge in [0.15, 0.2) is 0 Å². The van der Waals surface area contributed by atoms with Crippen molar-refractivity contribution in [1.82, 2.24) is 10.2 Å². The predicted octanol–water partition coefficient (Wildman–Crippen LogP) is 4.56. The third kappa shape index (κ3) is 6.43. The molecule has 0 aliphatic carbocycles. The number of ether oxygens (including phenoxy) is 1. The molecule has 1 heterocycles. The number of amides is 2. The minimum Gasteiger partial charge on any atom is -0.489 e. The minimum atomic E-state index is -0.222. The van der Waals surface area contributed by atoms with Gasteiger partial charge in [-0.3, -0.25) is 4.90 Å². The summed E-state index contributed by atoms with van der Waals surface area (Å²) >= 11 is 0. The summed E-state index contributed by atoms with van der Waals surface area (Å²) in [6.45, 7) is 10.1. The highest BCUT2D eigenvalue weighted by molar-refractivity contribution is 5.89. The van der Waals surface area contributed by atoms with Crippen LogP contribution in [0, 0.1) is 0 Å². The molecule has 1 saturated heterocycles. The van der Waals surface area contributed by atoms with Crippen molar-refractivity contribution in [2.75, 3.05) is 25.0 Å². The number of hydrogen-bond acceptors (Lipinski definition) is 3. The van der Waals surface area contributed by atoms with Crippen molar-refractivity contribution < 1.29 is 9.53 Å². The van der Waals surface area contributed by atoms with Gasteiger partial charge in [-0.05, 0) is 73.8 Å². The Labute approximate surface area is 167 Å². The standard InChI is InChI=1S/C23H29N3O2/c1-18(2)17-28-22-10-8-21(9-11-22)25-23(27)24-15-19-6-5-7-20(14-19)16-26-12-3-4-13-26/h5-11,14H,1,3-4,12-13,15-17H2,2H3,(H2,24,25,27). The smallest absolute Gasteiger partial charge is 0.319 e. The summed E-state index contributed by atoms with van der Waals surface area (Å²) in [5.41, 5.74) is 4.09. The molecule has 0 radical (unpaired) electrons. The second-order valence-corrected chi connectivity index (χ2v) is 7.38. The highest BCUT2D eigenvalue weighted by atomic mass is 16.5. The summed E-state index contributed by atoms with van der Waals surface area (Å²) in [6.07, 6.45) is 2.59. The van der Waals surface area contributed by atoms with Crippen LogP contribution in [0.25, 0.3) is 0 Å². The Morgan fingerprint density at radius 2 is 1.82 bits per heavy atom. The number of anilines is 1. The molecule has 148 valence electrons. The Morgan fingerprint density at radius 1 is 1.11 bits per heavy atom. The fraction of sp³-hybridized carbons (Fsp3) is 0.348. The molecule has 1 aliphatic heterocycles. The molecule has 2 aromatic rings. The number of likely N-dealkylation sites (tertiary alicyclic amines) is 1. The average molecular weight is 380 g/mol. The Balaban J connectivity index is 1.45. The largest absolute Gasteiger partial charge is 0.489 e. The molecule has 28 heavy (non-hydrogen) atoms. The number of carbonyl (C=O) groups excluding carboxylic acids is 1. The van der Waals surface area contributed by atoms with Gasteiger partial charge in [-0.25, -0.2) is 4.79 Å². The molecule has 2 aromatic carbocycles. The lowest BCUT2D eigenvalue weighted by Gasteiger charge is -2.15. The molecule has 5 heteroatoms. The van der Waals surface area contributed by atoms with Gasteiger partial charge in [-0.1, -0.05) is 30.8 Å². The molecule has 2 N–H and O–H groups in total. The van der Waals surface area contributed by atoms with E-state index in [0.717, 1.165) is 29.1 Å². The van der Waals surface area contributed by atoms with E-state index in [0.29, 0.717) is 13.2 Å². The van der Waals surface area contributed by atoms with Crippen molar-refractivity contribution in [1.29, 1.82) is 0 Å². The van der Waals surface area contributed by atoms with E-state index in [1.165, 1.54) is 31.5 Å². The average Bonchev–Trinajstić information content (AvgIpc) is 3.19. The molecular formula is C23H29N3O2. The molecular weight excluding hydrogens is 350 g/mol. The molecule has 0 unspecified atom stereocenters. The quantitative estimate of drug-likeness (QED) is 0.661. The van der Waals surface area contributed by atoms with E-state index in [1.54, 1.807) is 0 Å². The monoisotopic (exact) mass is 379 g/mol. The second-order valence-electron chi connectivity index (χ2n) is 7.38. The molecule has 2 amide bonds. The number of urea groups is 1. The zero-order chi connectivity index (χ0) is 19.8. The Bertz CT molecular complexity index is 796. The molecule has 0 atom stereocenters. The SMILES string of the molecule is C=C(C)COc1ccc(NC(=O)NCc2cccc(CN3CCCC3)c2)cc1. The number of benzene rings is 2. The first-order valence-corrected chi connectivity index (χ1v) is 9.81. The van der Waals surface area contributed by atoms with Crippen molar-refractivity contribution >= 4 is 11.7 Å². The highest BCUT2D eigenvalue weighted by Crippen LogP contribution is 2.16. The Hall–Kier alpha value is -2.79. The first-order chi connectivity index (χ1) is 13.6. The van der Waals surface area contributed by atoms with Gasteiger partial charge < -0.3 is 15.4 Å². The Morgan fingerprint density at radius 3 is 2.54 bits per heavy atom. The van der Waals surface area contributed by atoms with Gasteiger partial charge in [0.1, 0.15) is 12.4 Å². The second kappa shape index (κ2) is 9.95. The molecule has 0 bridgehead atoms. The summed E-state index contributed by atoms with van der Waals surface area (Å²) < 4.78 is 5.56. The summed E-state index contributed by atoms with van der Waals surface area (Å²) in [4.78, 5) is 14.7. The number of hydrogen-bond donors (Lipinski definition) is 2. The lowest BCUT2D eigenvalue weighted by atomic mass is 10.1. The van der Waals surface area contributed by atoms with Crippen molar-refractivity contribution in [3.05, 3.63) is 71.8 Å². The van der Waals surface area contributed by atoms with Gasteiger partial charge in [-0.2, -0.15) is 0 Å². The van der Waals surface area contributed by atoms with Gasteiger partial charge in [0.2, 0.25) is 0 Å². The third-order valence-electron chi connectivity index (χ3n) is 4.65. The summed E-state index contributed by atoms with van der Waals surface area (Å²) in [5.74, 6) is 0.753.